The van der Waals surface area contributed by atoms with E-state index in [4.69, 9.17) is 0 Å². The number of amides is 1. The van der Waals surface area contributed by atoms with Crippen molar-refractivity contribution in [3.05, 3.63) is 47.8 Å². The number of aromatic nitrogens is 2. The van der Waals surface area contributed by atoms with Crippen LogP contribution in [0.15, 0.2) is 36.4 Å². The number of benzene rings is 2. The van der Waals surface area contributed by atoms with Crippen LogP contribution in [0.4, 0.5) is 29.2 Å². The third-order valence-corrected chi connectivity index (χ3v) is 6.93. The van der Waals surface area contributed by atoms with Crippen LogP contribution < -0.4 is 14.8 Å². The Kier molecular flexibility index (Phi) is 7.10. The van der Waals surface area contributed by atoms with Gasteiger partial charge < -0.3 is 14.6 Å². The summed E-state index contributed by atoms with van der Waals surface area (Å²) in [7, 11) is -3.92. The zero-order valence-corrected chi connectivity index (χ0v) is 22.0. The van der Waals surface area contributed by atoms with Crippen molar-refractivity contribution >= 4 is 38.6 Å². The van der Waals surface area contributed by atoms with Gasteiger partial charge in [-0.25, -0.2) is 22.5 Å². The number of rotatable bonds is 6. The number of ether oxygens (including phenoxy) is 1. The standard InChI is InChI=1S/C25H28F4N4O4S/c1-14-9-16(13-24(2,3)12-14)33-21-11-19(26)18(22(34)32-38(4,35)36)10-20(21)31-23(33)30-15-5-7-17(8-6-15)37-25(27,28)29/h5-8,10-11,14,16H,9,12-13H2,1-4H3,(H,30,31)(H,32,34). The molecular formula is C25H28F4N4O4S. The minimum absolute atomic E-state index is 0.0133. The Bertz CT molecular complexity index is 1470. The molecule has 1 aliphatic rings. The third kappa shape index (κ3) is 6.55. The van der Waals surface area contributed by atoms with Crippen molar-refractivity contribution in [1.82, 2.24) is 14.3 Å². The van der Waals surface area contributed by atoms with Gasteiger partial charge in [-0.2, -0.15) is 0 Å². The lowest BCUT2D eigenvalue weighted by Crippen LogP contribution is -2.30. The van der Waals surface area contributed by atoms with Gasteiger partial charge in [0.15, 0.2) is 0 Å². The minimum atomic E-state index is -4.82. The number of halogens is 4. The van der Waals surface area contributed by atoms with Gasteiger partial charge in [0.2, 0.25) is 16.0 Å². The molecule has 1 aliphatic carbocycles. The van der Waals surface area contributed by atoms with Crippen LogP contribution in [-0.4, -0.2) is 36.5 Å². The first-order valence-corrected chi connectivity index (χ1v) is 13.8. The minimum Gasteiger partial charge on any atom is -0.406 e. The molecule has 38 heavy (non-hydrogen) atoms. The molecule has 2 atom stereocenters. The molecule has 1 amide bonds. The molecule has 4 rings (SSSR count). The molecule has 0 saturated heterocycles. The van der Waals surface area contributed by atoms with E-state index in [0.717, 1.165) is 43.7 Å². The quantitative estimate of drug-likeness (QED) is 0.367. The molecule has 0 aliphatic heterocycles. The van der Waals surface area contributed by atoms with E-state index in [-0.39, 0.29) is 22.7 Å². The van der Waals surface area contributed by atoms with Gasteiger partial charge in [0.25, 0.3) is 5.91 Å². The molecule has 8 nitrogen and oxygen atoms in total. The van der Waals surface area contributed by atoms with Crippen LogP contribution in [0, 0.1) is 17.2 Å². The summed E-state index contributed by atoms with van der Waals surface area (Å²) < 4.78 is 83.2. The zero-order valence-electron chi connectivity index (χ0n) is 21.2. The molecule has 0 bridgehead atoms. The fourth-order valence-electron chi connectivity index (χ4n) is 5.33. The highest BCUT2D eigenvalue weighted by Gasteiger charge is 2.35. The van der Waals surface area contributed by atoms with Crippen molar-refractivity contribution in [2.24, 2.45) is 11.3 Å². The SMILES string of the molecule is CC1CC(n2c(Nc3ccc(OC(F)(F)F)cc3)nc3cc(C(=O)NS(C)(=O)=O)c(F)cc32)CC(C)(C)C1. The summed E-state index contributed by atoms with van der Waals surface area (Å²) in [5, 5.41) is 3.09. The molecule has 0 radical (unpaired) electrons. The van der Waals surface area contributed by atoms with Crippen molar-refractivity contribution in [2.75, 3.05) is 11.6 Å². The van der Waals surface area contributed by atoms with Gasteiger partial charge in [-0.1, -0.05) is 20.8 Å². The number of fused-ring (bicyclic) bond motifs is 1. The number of carbonyl (C=O) groups is 1. The highest BCUT2D eigenvalue weighted by atomic mass is 32.2. The van der Waals surface area contributed by atoms with Crippen LogP contribution in [0.3, 0.4) is 0 Å². The molecule has 1 fully saturated rings. The van der Waals surface area contributed by atoms with Crippen molar-refractivity contribution in [3.63, 3.8) is 0 Å². The van der Waals surface area contributed by atoms with Gasteiger partial charge in [0.1, 0.15) is 11.6 Å². The Morgan fingerprint density at radius 1 is 1.16 bits per heavy atom. The lowest BCUT2D eigenvalue weighted by molar-refractivity contribution is -0.274. The normalized spacial score (nSPS) is 19.8. The second kappa shape index (κ2) is 9.75. The van der Waals surface area contributed by atoms with Crippen LogP contribution in [0.5, 0.6) is 5.75 Å². The summed E-state index contributed by atoms with van der Waals surface area (Å²) in [5.74, 6) is -1.76. The van der Waals surface area contributed by atoms with Gasteiger partial charge in [-0.05, 0) is 60.9 Å². The van der Waals surface area contributed by atoms with E-state index in [2.05, 4.69) is 35.8 Å². The molecule has 1 aromatic heterocycles. The number of hydrogen-bond acceptors (Lipinski definition) is 6. The monoisotopic (exact) mass is 556 g/mol. The van der Waals surface area contributed by atoms with Crippen LogP contribution >= 0.6 is 0 Å². The molecule has 3 aromatic rings. The predicted octanol–water partition coefficient (Wildman–Crippen LogP) is 5.89. The van der Waals surface area contributed by atoms with Gasteiger partial charge in [-0.15, -0.1) is 13.2 Å². The molecule has 2 aromatic carbocycles. The zero-order chi connectivity index (χ0) is 28.0. The summed E-state index contributed by atoms with van der Waals surface area (Å²) in [5.41, 5.74) is 0.564. The predicted molar refractivity (Wildman–Crippen MR) is 134 cm³/mol. The molecule has 2 unspecified atom stereocenters. The number of carbonyl (C=O) groups excluding carboxylic acids is 1. The lowest BCUT2D eigenvalue weighted by atomic mass is 9.70. The summed E-state index contributed by atoms with van der Waals surface area (Å²) >= 11 is 0. The fourth-order valence-corrected chi connectivity index (χ4v) is 5.78. The second-order valence-electron chi connectivity index (χ2n) is 10.6. The van der Waals surface area contributed by atoms with Crippen molar-refractivity contribution in [3.8, 4) is 5.75 Å². The van der Waals surface area contributed by atoms with Crippen LogP contribution in [0.2, 0.25) is 0 Å². The number of hydrogen-bond donors (Lipinski definition) is 2. The van der Waals surface area contributed by atoms with E-state index < -0.39 is 33.7 Å². The maximum Gasteiger partial charge on any atom is 0.573 e. The summed E-state index contributed by atoms with van der Waals surface area (Å²) in [6.45, 7) is 6.43. The Morgan fingerprint density at radius 2 is 1.82 bits per heavy atom. The van der Waals surface area contributed by atoms with Gasteiger partial charge >= 0.3 is 6.36 Å². The van der Waals surface area contributed by atoms with E-state index in [9.17, 15) is 26.4 Å². The molecule has 13 heteroatoms. The van der Waals surface area contributed by atoms with Crippen LogP contribution in [0.1, 0.15) is 56.4 Å². The van der Waals surface area contributed by atoms with Gasteiger partial charge in [-0.3, -0.25) is 4.79 Å². The van der Waals surface area contributed by atoms with E-state index in [1.807, 2.05) is 4.57 Å². The van der Waals surface area contributed by atoms with E-state index >= 15 is 4.39 Å². The molecular weight excluding hydrogens is 528 g/mol. The number of nitrogens with one attached hydrogen (secondary N) is 2. The van der Waals surface area contributed by atoms with Gasteiger partial charge in [0.05, 0.1) is 22.9 Å². The summed E-state index contributed by atoms with van der Waals surface area (Å²) in [4.78, 5) is 17.0. The largest absolute Gasteiger partial charge is 0.573 e. The number of alkyl halides is 3. The first-order valence-electron chi connectivity index (χ1n) is 11.9. The third-order valence-electron chi connectivity index (χ3n) is 6.37. The molecule has 1 heterocycles. The Morgan fingerprint density at radius 3 is 2.39 bits per heavy atom. The van der Waals surface area contributed by atoms with E-state index in [0.29, 0.717) is 23.1 Å². The Hall–Kier alpha value is -3.35. The molecule has 1 saturated carbocycles. The van der Waals surface area contributed by atoms with E-state index in [1.165, 1.54) is 18.2 Å². The average Bonchev–Trinajstić information content (AvgIpc) is 3.07. The number of anilines is 2. The highest BCUT2D eigenvalue weighted by Crippen LogP contribution is 2.46. The molecule has 2 N–H and O–H groups in total. The fraction of sp³-hybridized carbons (Fsp3) is 0.440. The second-order valence-corrected chi connectivity index (χ2v) is 12.3. The molecule has 0 spiro atoms. The Balaban J connectivity index is 1.78. The first-order chi connectivity index (χ1) is 17.5. The lowest BCUT2D eigenvalue weighted by Gasteiger charge is -2.40. The number of imidazole rings is 1. The maximum absolute atomic E-state index is 15.1. The van der Waals surface area contributed by atoms with E-state index in [1.54, 1.807) is 4.72 Å². The van der Waals surface area contributed by atoms with Crippen molar-refractivity contribution < 1.29 is 35.5 Å². The van der Waals surface area contributed by atoms with Gasteiger partial charge in [0, 0.05) is 17.8 Å². The van der Waals surface area contributed by atoms with Crippen LogP contribution in [0.25, 0.3) is 11.0 Å². The smallest absolute Gasteiger partial charge is 0.406 e. The van der Waals surface area contributed by atoms with Crippen molar-refractivity contribution in [1.29, 1.82) is 0 Å². The number of sulfonamides is 1. The summed E-state index contributed by atoms with van der Waals surface area (Å²) in [6, 6.07) is 7.34. The molecule has 206 valence electrons. The van der Waals surface area contributed by atoms with Crippen molar-refractivity contribution in [2.45, 2.75) is 52.4 Å². The maximum atomic E-state index is 15.1. The average molecular weight is 557 g/mol. The first kappa shape index (κ1) is 27.7. The summed E-state index contributed by atoms with van der Waals surface area (Å²) in [6.07, 6.45) is -1.49. The van der Waals surface area contributed by atoms with Crippen LogP contribution in [-0.2, 0) is 10.0 Å². The Labute approximate surface area is 217 Å². The highest BCUT2D eigenvalue weighted by molar-refractivity contribution is 7.89. The topological polar surface area (TPSA) is 102 Å². The number of nitrogens with zero attached hydrogens (tertiary/aromatic N) is 2.